The molecule has 5 nitrogen and oxygen atoms in total. The summed E-state index contributed by atoms with van der Waals surface area (Å²) in [4.78, 5) is 15.7. The Hall–Kier alpha value is -1.01. The molecule has 7 heteroatoms. The molecule has 2 saturated heterocycles. The zero-order valence-electron chi connectivity index (χ0n) is 15.0. The lowest BCUT2D eigenvalue weighted by Crippen LogP contribution is -2.37. The van der Waals surface area contributed by atoms with E-state index in [2.05, 4.69) is 10.2 Å². The van der Waals surface area contributed by atoms with Crippen LogP contribution >= 0.6 is 23.2 Å². The number of nitrogens with zero attached hydrogens (tertiary/aromatic N) is 3. The largest absolute Gasteiger partial charge is 0.329 e. The summed E-state index contributed by atoms with van der Waals surface area (Å²) in [6.45, 7) is 5.76. The molecule has 2 aliphatic rings. The van der Waals surface area contributed by atoms with E-state index in [4.69, 9.17) is 23.2 Å². The molecule has 0 aliphatic carbocycles. The van der Waals surface area contributed by atoms with Gasteiger partial charge in [-0.1, -0.05) is 29.6 Å². The van der Waals surface area contributed by atoms with Crippen molar-refractivity contribution in [1.29, 1.82) is 0 Å². The Kier molecular flexibility index (Phi) is 5.60. The van der Waals surface area contributed by atoms with Gasteiger partial charge in [0, 0.05) is 19.1 Å². The molecule has 0 bridgehead atoms. The fraction of sp³-hybridized carbons (Fsp3) is 0.632. The number of imidazole rings is 1. The van der Waals surface area contributed by atoms with Gasteiger partial charge in [-0.2, -0.15) is 0 Å². The Labute approximate surface area is 163 Å². The number of piperidine rings is 2. The number of benzene rings is 1. The highest BCUT2D eigenvalue weighted by atomic mass is 35.5. The number of halogens is 2. The van der Waals surface area contributed by atoms with Crippen LogP contribution in [0.2, 0.25) is 10.0 Å². The molecular weight excluding hydrogens is 371 g/mol. The first-order valence-electron chi connectivity index (χ1n) is 9.68. The topological polar surface area (TPSA) is 42.2 Å². The summed E-state index contributed by atoms with van der Waals surface area (Å²) in [7, 11) is 0. The van der Waals surface area contributed by atoms with Crippen molar-refractivity contribution in [2.45, 2.75) is 44.7 Å². The van der Waals surface area contributed by atoms with E-state index >= 15 is 0 Å². The average Bonchev–Trinajstić information content (AvgIpc) is 2.92. The molecule has 2 fully saturated rings. The lowest BCUT2D eigenvalue weighted by atomic mass is 10.1. The van der Waals surface area contributed by atoms with Gasteiger partial charge < -0.3 is 10.2 Å². The Morgan fingerprint density at radius 1 is 0.962 bits per heavy atom. The lowest BCUT2D eigenvalue weighted by molar-refractivity contribution is 0.220. The van der Waals surface area contributed by atoms with Gasteiger partial charge in [-0.25, -0.2) is 4.79 Å². The van der Waals surface area contributed by atoms with Crippen LogP contribution in [0, 0.1) is 0 Å². The van der Waals surface area contributed by atoms with Crippen molar-refractivity contribution in [2.75, 3.05) is 32.7 Å². The van der Waals surface area contributed by atoms with Gasteiger partial charge in [0.05, 0.1) is 21.1 Å². The maximum absolute atomic E-state index is 13.3. The molecule has 1 N–H and O–H groups in total. The minimum absolute atomic E-state index is 0.0715. The zero-order chi connectivity index (χ0) is 18.1. The third-order valence-electron chi connectivity index (χ3n) is 5.77. The first-order valence-corrected chi connectivity index (χ1v) is 10.4. The maximum Gasteiger partial charge on any atom is 0.329 e. The standard InChI is InChI=1S/C19H26Cl2N4O/c20-15-12-17-18(13-16(15)21)25(14-4-6-22-7-5-14)19(26)24(17)11-10-23-8-2-1-3-9-23/h12-14,22H,1-11H2. The second kappa shape index (κ2) is 7.93. The third kappa shape index (κ3) is 3.55. The molecule has 0 atom stereocenters. The number of hydrogen-bond donors (Lipinski definition) is 1. The molecular formula is C19H26Cl2N4O. The van der Waals surface area contributed by atoms with Gasteiger partial charge in [-0.05, 0) is 64.0 Å². The highest BCUT2D eigenvalue weighted by Crippen LogP contribution is 2.30. The van der Waals surface area contributed by atoms with E-state index in [1.807, 2.05) is 21.3 Å². The maximum atomic E-state index is 13.3. The summed E-state index contributed by atoms with van der Waals surface area (Å²) in [6.07, 6.45) is 5.76. The number of fused-ring (bicyclic) bond motifs is 1. The SMILES string of the molecule is O=c1n(CCN2CCCCC2)c2cc(Cl)c(Cl)cc2n1C1CCNCC1. The van der Waals surface area contributed by atoms with E-state index in [1.165, 1.54) is 19.3 Å². The zero-order valence-corrected chi connectivity index (χ0v) is 16.5. The number of nitrogens with one attached hydrogen (secondary N) is 1. The van der Waals surface area contributed by atoms with Crippen LogP contribution in [0.4, 0.5) is 0 Å². The van der Waals surface area contributed by atoms with Crippen molar-refractivity contribution >= 4 is 34.2 Å². The van der Waals surface area contributed by atoms with Gasteiger partial charge in [0.1, 0.15) is 0 Å². The van der Waals surface area contributed by atoms with Crippen molar-refractivity contribution in [1.82, 2.24) is 19.4 Å². The van der Waals surface area contributed by atoms with Crippen molar-refractivity contribution in [3.05, 3.63) is 32.7 Å². The minimum Gasteiger partial charge on any atom is -0.317 e. The number of hydrogen-bond acceptors (Lipinski definition) is 3. The van der Waals surface area contributed by atoms with Crippen molar-refractivity contribution in [2.24, 2.45) is 0 Å². The normalized spacial score (nSPS) is 20.1. The third-order valence-corrected chi connectivity index (χ3v) is 6.49. The van der Waals surface area contributed by atoms with Crippen LogP contribution in [0.3, 0.4) is 0 Å². The van der Waals surface area contributed by atoms with Crippen LogP contribution in [0.15, 0.2) is 16.9 Å². The van der Waals surface area contributed by atoms with E-state index in [1.54, 1.807) is 0 Å². The minimum atomic E-state index is 0.0715. The summed E-state index contributed by atoms with van der Waals surface area (Å²) in [5, 5.41) is 4.39. The van der Waals surface area contributed by atoms with Crippen molar-refractivity contribution < 1.29 is 0 Å². The quantitative estimate of drug-likeness (QED) is 0.859. The molecule has 3 heterocycles. The summed E-state index contributed by atoms with van der Waals surface area (Å²) >= 11 is 12.6. The predicted octanol–water partition coefficient (Wildman–Crippen LogP) is 3.52. The molecule has 0 saturated carbocycles. The van der Waals surface area contributed by atoms with E-state index in [9.17, 15) is 4.79 Å². The summed E-state index contributed by atoms with van der Waals surface area (Å²) in [6, 6.07) is 3.94. The molecule has 0 unspecified atom stereocenters. The van der Waals surface area contributed by atoms with Gasteiger partial charge in [-0.15, -0.1) is 0 Å². The lowest BCUT2D eigenvalue weighted by Gasteiger charge is -2.26. The fourth-order valence-electron chi connectivity index (χ4n) is 4.33. The molecule has 0 spiro atoms. The van der Waals surface area contributed by atoms with Crippen molar-refractivity contribution in [3.8, 4) is 0 Å². The molecule has 0 radical (unpaired) electrons. The number of rotatable bonds is 4. The fourth-order valence-corrected chi connectivity index (χ4v) is 4.65. The van der Waals surface area contributed by atoms with Gasteiger partial charge in [0.15, 0.2) is 0 Å². The molecule has 26 heavy (non-hydrogen) atoms. The van der Waals surface area contributed by atoms with Gasteiger partial charge in [0.25, 0.3) is 0 Å². The van der Waals surface area contributed by atoms with Crippen molar-refractivity contribution in [3.63, 3.8) is 0 Å². The second-order valence-corrected chi connectivity index (χ2v) is 8.26. The van der Waals surface area contributed by atoms with Gasteiger partial charge >= 0.3 is 5.69 Å². The highest BCUT2D eigenvalue weighted by molar-refractivity contribution is 6.42. The van der Waals surface area contributed by atoms with Gasteiger partial charge in [-0.3, -0.25) is 9.13 Å². The Morgan fingerprint density at radius 3 is 2.31 bits per heavy atom. The summed E-state index contributed by atoms with van der Waals surface area (Å²) in [5.74, 6) is 0. The summed E-state index contributed by atoms with van der Waals surface area (Å²) < 4.78 is 3.85. The number of aromatic nitrogens is 2. The second-order valence-electron chi connectivity index (χ2n) is 7.44. The van der Waals surface area contributed by atoms with E-state index in [0.717, 1.165) is 56.6 Å². The Balaban J connectivity index is 1.72. The van der Waals surface area contributed by atoms with E-state index < -0.39 is 0 Å². The molecule has 142 valence electrons. The van der Waals surface area contributed by atoms with Crippen LogP contribution in [-0.2, 0) is 6.54 Å². The van der Waals surface area contributed by atoms with Crippen LogP contribution < -0.4 is 11.0 Å². The molecule has 2 aliphatic heterocycles. The Morgan fingerprint density at radius 2 is 1.62 bits per heavy atom. The highest BCUT2D eigenvalue weighted by Gasteiger charge is 2.23. The van der Waals surface area contributed by atoms with Crippen LogP contribution in [0.25, 0.3) is 11.0 Å². The van der Waals surface area contributed by atoms with Gasteiger partial charge in [0.2, 0.25) is 0 Å². The van der Waals surface area contributed by atoms with Crippen LogP contribution in [0.5, 0.6) is 0 Å². The van der Waals surface area contributed by atoms with E-state index in [-0.39, 0.29) is 11.7 Å². The van der Waals surface area contributed by atoms with Crippen LogP contribution in [-0.4, -0.2) is 46.8 Å². The monoisotopic (exact) mass is 396 g/mol. The first-order chi connectivity index (χ1) is 12.6. The van der Waals surface area contributed by atoms with Crippen LogP contribution in [0.1, 0.15) is 38.1 Å². The Bertz CT molecular complexity index is 832. The van der Waals surface area contributed by atoms with E-state index in [0.29, 0.717) is 16.6 Å². The predicted molar refractivity (Wildman–Crippen MR) is 108 cm³/mol. The molecule has 2 aromatic rings. The molecule has 1 aromatic carbocycles. The average molecular weight is 397 g/mol. The molecule has 0 amide bonds. The summed E-state index contributed by atoms with van der Waals surface area (Å²) in [5.41, 5.74) is 1.89. The number of likely N-dealkylation sites (tertiary alicyclic amines) is 1. The molecule has 1 aromatic heterocycles. The molecule has 4 rings (SSSR count). The smallest absolute Gasteiger partial charge is 0.317 e. The first kappa shape index (κ1) is 18.4.